The quantitative estimate of drug-likeness (QED) is 0.593. The number of fused-ring (bicyclic) bond motifs is 2. The summed E-state index contributed by atoms with van der Waals surface area (Å²) >= 11 is 0. The van der Waals surface area contributed by atoms with Gasteiger partial charge in [0.15, 0.2) is 0 Å². The second-order valence-corrected chi connectivity index (χ2v) is 5.89. The lowest BCUT2D eigenvalue weighted by Gasteiger charge is -2.37. The highest BCUT2D eigenvalue weighted by molar-refractivity contribution is 5.33. The summed E-state index contributed by atoms with van der Waals surface area (Å²) in [5.41, 5.74) is 1.73. The first-order valence-corrected chi connectivity index (χ1v) is 7.76. The van der Waals surface area contributed by atoms with E-state index in [0.717, 1.165) is 5.92 Å². The van der Waals surface area contributed by atoms with Gasteiger partial charge < -0.3 is 4.74 Å². The second-order valence-electron chi connectivity index (χ2n) is 5.89. The van der Waals surface area contributed by atoms with Crippen LogP contribution in [0.4, 0.5) is 0 Å². The number of hydrogen-bond donors (Lipinski definition) is 0. The molecule has 1 saturated heterocycles. The van der Waals surface area contributed by atoms with Gasteiger partial charge >= 0.3 is 0 Å². The standard InChI is InChI=1S/C15H22O.C2H6/c1-11-7-9-15(10-8-11)14-6-4-3-5-13(14)12(2)16-15;1-2/h3-4,6,11-13H,5,7-10H2,1-2H3;1-2H3. The van der Waals surface area contributed by atoms with Crippen LogP contribution in [0.5, 0.6) is 0 Å². The summed E-state index contributed by atoms with van der Waals surface area (Å²) in [5, 5.41) is 0. The van der Waals surface area contributed by atoms with Crippen LogP contribution in [0.1, 0.15) is 59.8 Å². The van der Waals surface area contributed by atoms with E-state index in [-0.39, 0.29) is 5.60 Å². The Morgan fingerprint density at radius 3 is 2.50 bits per heavy atom. The minimum absolute atomic E-state index is 0.126. The summed E-state index contributed by atoms with van der Waals surface area (Å²) in [7, 11) is 0. The number of allylic oxidation sites excluding steroid dienone is 3. The molecule has 1 nitrogen and oxygen atoms in total. The largest absolute Gasteiger partial charge is 0.367 e. The third-order valence-corrected chi connectivity index (χ3v) is 4.79. The lowest BCUT2D eigenvalue weighted by molar-refractivity contribution is -0.0535. The van der Waals surface area contributed by atoms with Crippen LogP contribution in [0.25, 0.3) is 0 Å². The van der Waals surface area contributed by atoms with Gasteiger partial charge in [-0.1, -0.05) is 39.0 Å². The van der Waals surface area contributed by atoms with Crippen molar-refractivity contribution in [3.8, 4) is 0 Å². The molecular weight excluding hydrogens is 220 g/mol. The molecule has 3 aliphatic rings. The van der Waals surface area contributed by atoms with Crippen LogP contribution >= 0.6 is 0 Å². The molecular formula is C17H28O. The van der Waals surface area contributed by atoms with E-state index in [1.165, 1.54) is 32.1 Å². The van der Waals surface area contributed by atoms with E-state index in [4.69, 9.17) is 4.74 Å². The molecule has 0 aromatic carbocycles. The summed E-state index contributed by atoms with van der Waals surface area (Å²) in [4.78, 5) is 0. The average Bonchev–Trinajstić information content (AvgIpc) is 2.70. The maximum Gasteiger partial charge on any atom is 0.0902 e. The van der Waals surface area contributed by atoms with Crippen LogP contribution in [0.15, 0.2) is 23.8 Å². The summed E-state index contributed by atoms with van der Waals surface area (Å²) in [6.45, 7) is 8.63. The molecule has 1 aliphatic heterocycles. The van der Waals surface area contributed by atoms with Crippen LogP contribution < -0.4 is 0 Å². The van der Waals surface area contributed by atoms with Gasteiger partial charge in [-0.3, -0.25) is 0 Å². The molecule has 0 aromatic rings. The van der Waals surface area contributed by atoms with Crippen molar-refractivity contribution >= 4 is 0 Å². The zero-order chi connectivity index (χ0) is 13.2. The molecule has 2 aliphatic carbocycles. The first-order valence-electron chi connectivity index (χ1n) is 7.76. The predicted octanol–water partition coefficient (Wildman–Crippen LogP) is 4.88. The van der Waals surface area contributed by atoms with Crippen LogP contribution in [0, 0.1) is 11.8 Å². The molecule has 0 N–H and O–H groups in total. The van der Waals surface area contributed by atoms with Gasteiger partial charge in [-0.2, -0.15) is 0 Å². The summed E-state index contributed by atoms with van der Waals surface area (Å²) in [6, 6.07) is 0. The molecule has 1 heteroatoms. The van der Waals surface area contributed by atoms with Crippen molar-refractivity contribution in [1.29, 1.82) is 0 Å². The summed E-state index contributed by atoms with van der Waals surface area (Å²) < 4.78 is 6.38. The van der Waals surface area contributed by atoms with E-state index in [2.05, 4.69) is 32.1 Å². The molecule has 1 saturated carbocycles. The van der Waals surface area contributed by atoms with Gasteiger partial charge in [0.1, 0.15) is 0 Å². The highest BCUT2D eigenvalue weighted by Crippen LogP contribution is 2.51. The minimum atomic E-state index is 0.126. The normalized spacial score (nSPS) is 42.0. The maximum absolute atomic E-state index is 6.38. The molecule has 2 unspecified atom stereocenters. The van der Waals surface area contributed by atoms with E-state index in [0.29, 0.717) is 12.0 Å². The van der Waals surface area contributed by atoms with Crippen LogP contribution in [-0.2, 0) is 4.74 Å². The molecule has 0 aromatic heterocycles. The molecule has 2 fully saturated rings. The minimum Gasteiger partial charge on any atom is -0.367 e. The van der Waals surface area contributed by atoms with Crippen molar-refractivity contribution in [1.82, 2.24) is 0 Å². The monoisotopic (exact) mass is 248 g/mol. The van der Waals surface area contributed by atoms with Gasteiger partial charge in [-0.05, 0) is 50.5 Å². The molecule has 0 bridgehead atoms. The molecule has 0 radical (unpaired) electrons. The Hall–Kier alpha value is -0.560. The van der Waals surface area contributed by atoms with E-state index >= 15 is 0 Å². The Balaban J connectivity index is 0.000000574. The van der Waals surface area contributed by atoms with Crippen molar-refractivity contribution in [2.24, 2.45) is 11.8 Å². The Morgan fingerprint density at radius 2 is 1.83 bits per heavy atom. The fourth-order valence-corrected chi connectivity index (χ4v) is 3.72. The first-order chi connectivity index (χ1) is 8.71. The van der Waals surface area contributed by atoms with Gasteiger partial charge in [-0.15, -0.1) is 0 Å². The van der Waals surface area contributed by atoms with Crippen molar-refractivity contribution in [3.05, 3.63) is 23.8 Å². The van der Waals surface area contributed by atoms with Crippen molar-refractivity contribution < 1.29 is 4.74 Å². The number of rotatable bonds is 0. The molecule has 1 spiro atoms. The van der Waals surface area contributed by atoms with Gasteiger partial charge in [0.2, 0.25) is 0 Å². The van der Waals surface area contributed by atoms with E-state index in [1.807, 2.05) is 13.8 Å². The zero-order valence-electron chi connectivity index (χ0n) is 12.4. The third-order valence-electron chi connectivity index (χ3n) is 4.79. The van der Waals surface area contributed by atoms with Crippen molar-refractivity contribution in [2.45, 2.75) is 71.5 Å². The fraction of sp³-hybridized carbons (Fsp3) is 0.765. The smallest absolute Gasteiger partial charge is 0.0902 e. The highest BCUT2D eigenvalue weighted by Gasteiger charge is 2.49. The predicted molar refractivity (Wildman–Crippen MR) is 77.6 cm³/mol. The van der Waals surface area contributed by atoms with Gasteiger partial charge in [-0.25, -0.2) is 0 Å². The summed E-state index contributed by atoms with van der Waals surface area (Å²) in [6.07, 6.45) is 13.6. The third kappa shape index (κ3) is 2.30. The zero-order valence-corrected chi connectivity index (χ0v) is 12.4. The van der Waals surface area contributed by atoms with Gasteiger partial charge in [0.05, 0.1) is 11.7 Å². The van der Waals surface area contributed by atoms with Gasteiger partial charge in [0, 0.05) is 5.92 Å². The van der Waals surface area contributed by atoms with Crippen LogP contribution in [-0.4, -0.2) is 11.7 Å². The van der Waals surface area contributed by atoms with Crippen LogP contribution in [0.3, 0.4) is 0 Å². The Labute approximate surface area is 112 Å². The summed E-state index contributed by atoms with van der Waals surface area (Å²) in [5.74, 6) is 1.56. The van der Waals surface area contributed by atoms with E-state index in [1.54, 1.807) is 5.57 Å². The topological polar surface area (TPSA) is 9.23 Å². The SMILES string of the molecule is CC.CC1CCC2(CC1)OC(C)C1CC=CC=C12. The Kier molecular flexibility index (Phi) is 4.32. The lowest BCUT2D eigenvalue weighted by Crippen LogP contribution is -2.35. The lowest BCUT2D eigenvalue weighted by atomic mass is 9.71. The maximum atomic E-state index is 6.38. The Bertz CT molecular complexity index is 332. The fourth-order valence-electron chi connectivity index (χ4n) is 3.72. The molecule has 18 heavy (non-hydrogen) atoms. The van der Waals surface area contributed by atoms with Crippen molar-refractivity contribution in [3.63, 3.8) is 0 Å². The van der Waals surface area contributed by atoms with E-state index < -0.39 is 0 Å². The number of hydrogen-bond acceptors (Lipinski definition) is 1. The number of ether oxygens (including phenoxy) is 1. The average molecular weight is 248 g/mol. The molecule has 2 atom stereocenters. The van der Waals surface area contributed by atoms with Gasteiger partial charge in [0.25, 0.3) is 0 Å². The second kappa shape index (κ2) is 5.61. The molecule has 102 valence electrons. The highest BCUT2D eigenvalue weighted by atomic mass is 16.5. The first kappa shape index (κ1) is 13.9. The van der Waals surface area contributed by atoms with Crippen molar-refractivity contribution in [2.75, 3.05) is 0 Å². The molecule has 1 heterocycles. The molecule has 0 amide bonds. The van der Waals surface area contributed by atoms with E-state index in [9.17, 15) is 0 Å². The molecule has 3 rings (SSSR count). The Morgan fingerprint density at radius 1 is 1.17 bits per heavy atom. The van der Waals surface area contributed by atoms with Crippen LogP contribution in [0.2, 0.25) is 0 Å².